The zero-order chi connectivity index (χ0) is 10.1. The molecule has 3 N–H and O–H groups in total. The first-order chi connectivity index (χ1) is 6.22. The summed E-state index contributed by atoms with van der Waals surface area (Å²) in [4.78, 5) is 10.7. The first-order valence-corrected chi connectivity index (χ1v) is 5.88. The average molecular weight is 205 g/mol. The molecule has 0 aromatic heterocycles. The van der Waals surface area contributed by atoms with E-state index in [0.29, 0.717) is 6.54 Å². The topological polar surface area (TPSA) is 63.3 Å². The van der Waals surface area contributed by atoms with Crippen LogP contribution in [0.2, 0.25) is 0 Å². The van der Waals surface area contributed by atoms with Crippen molar-refractivity contribution in [2.45, 2.75) is 26.2 Å². The standard InChI is InChI=1S/C9H19NO2S/c1-2-13-7-5-8(9(11)12)4-3-6-10/h8H,2-7,10H2,1H3,(H,11,12). The van der Waals surface area contributed by atoms with Crippen LogP contribution in [0.1, 0.15) is 26.2 Å². The van der Waals surface area contributed by atoms with E-state index >= 15 is 0 Å². The summed E-state index contributed by atoms with van der Waals surface area (Å²) in [6.45, 7) is 2.67. The zero-order valence-corrected chi connectivity index (χ0v) is 8.98. The second kappa shape index (κ2) is 8.38. The molecule has 1 atom stereocenters. The maximum absolute atomic E-state index is 10.7. The van der Waals surface area contributed by atoms with E-state index in [-0.39, 0.29) is 5.92 Å². The van der Waals surface area contributed by atoms with Gasteiger partial charge in [0.05, 0.1) is 5.92 Å². The molecule has 0 saturated carbocycles. The molecule has 0 aromatic rings. The fourth-order valence-corrected chi connectivity index (χ4v) is 1.87. The zero-order valence-electron chi connectivity index (χ0n) is 8.16. The van der Waals surface area contributed by atoms with Crippen molar-refractivity contribution in [3.05, 3.63) is 0 Å². The summed E-state index contributed by atoms with van der Waals surface area (Å²) in [6, 6.07) is 0. The lowest BCUT2D eigenvalue weighted by atomic mass is 10.0. The van der Waals surface area contributed by atoms with Gasteiger partial charge in [-0.15, -0.1) is 0 Å². The third kappa shape index (κ3) is 6.90. The Morgan fingerprint density at radius 1 is 1.54 bits per heavy atom. The van der Waals surface area contributed by atoms with Crippen LogP contribution in [0.15, 0.2) is 0 Å². The lowest BCUT2D eigenvalue weighted by Gasteiger charge is -2.10. The minimum atomic E-state index is -0.676. The number of thioether (sulfide) groups is 1. The number of nitrogens with two attached hydrogens (primary N) is 1. The molecule has 78 valence electrons. The Hall–Kier alpha value is -0.220. The predicted molar refractivity (Wildman–Crippen MR) is 57.0 cm³/mol. The molecular weight excluding hydrogens is 186 g/mol. The van der Waals surface area contributed by atoms with Crippen molar-refractivity contribution < 1.29 is 9.90 Å². The van der Waals surface area contributed by atoms with Gasteiger partial charge in [0, 0.05) is 0 Å². The van der Waals surface area contributed by atoms with E-state index in [4.69, 9.17) is 10.8 Å². The van der Waals surface area contributed by atoms with E-state index in [1.807, 2.05) is 0 Å². The van der Waals surface area contributed by atoms with Crippen molar-refractivity contribution >= 4 is 17.7 Å². The summed E-state index contributed by atoms with van der Waals surface area (Å²) < 4.78 is 0. The molecule has 0 aliphatic carbocycles. The molecule has 4 heteroatoms. The fourth-order valence-electron chi connectivity index (χ4n) is 1.13. The molecule has 1 unspecified atom stereocenters. The number of hydrogen-bond donors (Lipinski definition) is 2. The van der Waals surface area contributed by atoms with E-state index in [9.17, 15) is 4.79 Å². The highest BCUT2D eigenvalue weighted by molar-refractivity contribution is 7.99. The van der Waals surface area contributed by atoms with Gasteiger partial charge in [-0.3, -0.25) is 4.79 Å². The first-order valence-electron chi connectivity index (χ1n) is 4.73. The third-order valence-corrected chi connectivity index (χ3v) is 2.85. The Bertz CT molecular complexity index is 142. The van der Waals surface area contributed by atoms with Crippen LogP contribution in [-0.4, -0.2) is 29.1 Å². The van der Waals surface area contributed by atoms with Gasteiger partial charge in [-0.05, 0) is 37.3 Å². The Kier molecular flexibility index (Phi) is 8.24. The second-order valence-corrected chi connectivity index (χ2v) is 4.35. The summed E-state index contributed by atoms with van der Waals surface area (Å²) in [6.07, 6.45) is 2.30. The Morgan fingerprint density at radius 2 is 2.23 bits per heavy atom. The second-order valence-electron chi connectivity index (χ2n) is 2.95. The molecule has 0 aliphatic heterocycles. The first kappa shape index (κ1) is 12.8. The monoisotopic (exact) mass is 205 g/mol. The highest BCUT2D eigenvalue weighted by Crippen LogP contribution is 2.14. The van der Waals surface area contributed by atoms with Crippen molar-refractivity contribution in [2.75, 3.05) is 18.1 Å². The predicted octanol–water partition coefficient (Wildman–Crippen LogP) is 1.57. The van der Waals surface area contributed by atoms with Crippen LogP contribution in [0, 0.1) is 5.92 Å². The van der Waals surface area contributed by atoms with Crippen molar-refractivity contribution in [1.82, 2.24) is 0 Å². The van der Waals surface area contributed by atoms with Crippen LogP contribution in [0.3, 0.4) is 0 Å². The Labute approximate surface area is 84.1 Å². The van der Waals surface area contributed by atoms with Gasteiger partial charge in [0.2, 0.25) is 0 Å². The largest absolute Gasteiger partial charge is 0.481 e. The minimum Gasteiger partial charge on any atom is -0.481 e. The molecule has 13 heavy (non-hydrogen) atoms. The fraction of sp³-hybridized carbons (Fsp3) is 0.889. The van der Waals surface area contributed by atoms with Crippen LogP contribution in [0.5, 0.6) is 0 Å². The van der Waals surface area contributed by atoms with Crippen LogP contribution < -0.4 is 5.73 Å². The van der Waals surface area contributed by atoms with Crippen molar-refractivity contribution in [2.24, 2.45) is 11.7 Å². The molecule has 3 nitrogen and oxygen atoms in total. The number of carboxylic acid groups (broad SMARTS) is 1. The van der Waals surface area contributed by atoms with Crippen LogP contribution in [0.4, 0.5) is 0 Å². The Morgan fingerprint density at radius 3 is 2.69 bits per heavy atom. The summed E-state index contributed by atoms with van der Waals surface area (Å²) >= 11 is 1.79. The summed E-state index contributed by atoms with van der Waals surface area (Å²) in [5.74, 6) is 1.13. The molecule has 0 radical (unpaired) electrons. The maximum atomic E-state index is 10.7. The number of aliphatic carboxylic acids is 1. The van der Waals surface area contributed by atoms with E-state index in [0.717, 1.165) is 30.8 Å². The molecule has 0 aliphatic rings. The van der Waals surface area contributed by atoms with Crippen LogP contribution in [0.25, 0.3) is 0 Å². The SMILES string of the molecule is CCSCCC(CCCN)C(=O)O. The average Bonchev–Trinajstić information content (AvgIpc) is 2.10. The molecule has 0 saturated heterocycles. The lowest BCUT2D eigenvalue weighted by Crippen LogP contribution is -2.16. The number of carbonyl (C=O) groups is 1. The molecule has 0 rings (SSSR count). The van der Waals surface area contributed by atoms with E-state index in [2.05, 4.69) is 6.92 Å². The minimum absolute atomic E-state index is 0.192. The van der Waals surface area contributed by atoms with Crippen molar-refractivity contribution in [3.8, 4) is 0 Å². The lowest BCUT2D eigenvalue weighted by molar-refractivity contribution is -0.142. The van der Waals surface area contributed by atoms with E-state index in [1.54, 1.807) is 11.8 Å². The van der Waals surface area contributed by atoms with Gasteiger partial charge in [0.25, 0.3) is 0 Å². The van der Waals surface area contributed by atoms with Crippen LogP contribution >= 0.6 is 11.8 Å². The van der Waals surface area contributed by atoms with E-state index < -0.39 is 5.97 Å². The van der Waals surface area contributed by atoms with Crippen LogP contribution in [-0.2, 0) is 4.79 Å². The molecule has 0 spiro atoms. The van der Waals surface area contributed by atoms with Gasteiger partial charge in [0.15, 0.2) is 0 Å². The normalized spacial score (nSPS) is 12.8. The van der Waals surface area contributed by atoms with Gasteiger partial charge in [-0.2, -0.15) is 11.8 Å². The molecular formula is C9H19NO2S. The summed E-state index contributed by atoms with van der Waals surface area (Å²) in [7, 11) is 0. The van der Waals surface area contributed by atoms with Gasteiger partial charge in [-0.25, -0.2) is 0 Å². The highest BCUT2D eigenvalue weighted by atomic mass is 32.2. The molecule has 0 bridgehead atoms. The van der Waals surface area contributed by atoms with Gasteiger partial charge >= 0.3 is 5.97 Å². The van der Waals surface area contributed by atoms with Gasteiger partial charge in [0.1, 0.15) is 0 Å². The quantitative estimate of drug-likeness (QED) is 0.590. The number of rotatable bonds is 8. The molecule has 0 amide bonds. The summed E-state index contributed by atoms with van der Waals surface area (Å²) in [5.41, 5.74) is 5.33. The van der Waals surface area contributed by atoms with Crippen molar-refractivity contribution in [3.63, 3.8) is 0 Å². The van der Waals surface area contributed by atoms with Crippen molar-refractivity contribution in [1.29, 1.82) is 0 Å². The maximum Gasteiger partial charge on any atom is 0.306 e. The third-order valence-electron chi connectivity index (χ3n) is 1.92. The molecule has 0 heterocycles. The molecule has 0 fully saturated rings. The number of hydrogen-bond acceptors (Lipinski definition) is 3. The van der Waals surface area contributed by atoms with Gasteiger partial charge in [-0.1, -0.05) is 6.92 Å². The highest BCUT2D eigenvalue weighted by Gasteiger charge is 2.15. The Balaban J connectivity index is 3.61. The van der Waals surface area contributed by atoms with Gasteiger partial charge < -0.3 is 10.8 Å². The smallest absolute Gasteiger partial charge is 0.306 e. The van der Waals surface area contributed by atoms with E-state index in [1.165, 1.54) is 0 Å². The number of carboxylic acids is 1. The summed E-state index contributed by atoms with van der Waals surface area (Å²) in [5, 5.41) is 8.85. The molecule has 0 aromatic carbocycles.